The summed E-state index contributed by atoms with van der Waals surface area (Å²) in [5.74, 6) is 0. The van der Waals surface area contributed by atoms with Crippen molar-refractivity contribution in [3.05, 3.63) is 271 Å². The van der Waals surface area contributed by atoms with Crippen LogP contribution in [0.4, 0.5) is 17.1 Å². The summed E-state index contributed by atoms with van der Waals surface area (Å²) < 4.78 is 0. The largest absolute Gasteiger partial charge is 0.310 e. The molecule has 0 radical (unpaired) electrons. The first-order chi connectivity index (χ1) is 30.8. The summed E-state index contributed by atoms with van der Waals surface area (Å²) in [5, 5.41) is 7.46. The summed E-state index contributed by atoms with van der Waals surface area (Å²) in [6.07, 6.45) is 0. The van der Waals surface area contributed by atoms with Crippen molar-refractivity contribution < 1.29 is 0 Å². The van der Waals surface area contributed by atoms with Crippen LogP contribution in [0.5, 0.6) is 0 Å². The second-order valence-electron chi connectivity index (χ2n) is 16.4. The third-order valence-electron chi connectivity index (χ3n) is 13.1. The fraction of sp³-hybridized carbons (Fsp3) is 0.0164. The first-order valence-corrected chi connectivity index (χ1v) is 21.5. The lowest BCUT2D eigenvalue weighted by Crippen LogP contribution is -2.28. The van der Waals surface area contributed by atoms with Crippen molar-refractivity contribution in [2.75, 3.05) is 4.90 Å². The number of hydrogen-bond acceptors (Lipinski definition) is 1. The Kier molecular flexibility index (Phi) is 8.47. The van der Waals surface area contributed by atoms with Crippen molar-refractivity contribution in [3.8, 4) is 33.4 Å². The summed E-state index contributed by atoms with van der Waals surface area (Å²) in [6, 6.07) is 91.8. The molecule has 0 N–H and O–H groups in total. The Morgan fingerprint density at radius 2 is 0.855 bits per heavy atom. The van der Waals surface area contributed by atoms with Gasteiger partial charge in [0.25, 0.3) is 0 Å². The Labute approximate surface area is 362 Å². The molecule has 11 aromatic carbocycles. The van der Waals surface area contributed by atoms with E-state index in [0.717, 1.165) is 17.1 Å². The Morgan fingerprint density at radius 1 is 0.274 bits per heavy atom. The van der Waals surface area contributed by atoms with Gasteiger partial charge in [0.05, 0.1) is 11.1 Å². The number of anilines is 3. The molecule has 1 heteroatoms. The molecule has 1 nitrogen and oxygen atoms in total. The number of benzene rings is 11. The maximum atomic E-state index is 2.49. The van der Waals surface area contributed by atoms with Gasteiger partial charge in [0.2, 0.25) is 0 Å². The highest BCUT2D eigenvalue weighted by molar-refractivity contribution is 6.15. The number of fused-ring (bicyclic) bond motifs is 7. The summed E-state index contributed by atoms with van der Waals surface area (Å²) >= 11 is 0. The van der Waals surface area contributed by atoms with Crippen LogP contribution in [0.25, 0.3) is 65.7 Å². The lowest BCUT2D eigenvalue weighted by Gasteiger charge is -2.35. The van der Waals surface area contributed by atoms with Crippen molar-refractivity contribution in [2.45, 2.75) is 5.41 Å². The summed E-state index contributed by atoms with van der Waals surface area (Å²) in [5.41, 5.74) is 15.1. The minimum absolute atomic E-state index is 0.531. The van der Waals surface area contributed by atoms with Crippen LogP contribution >= 0.6 is 0 Å². The maximum Gasteiger partial charge on any atom is 0.0714 e. The number of hydrogen-bond donors (Lipinski definition) is 0. The predicted octanol–water partition coefficient (Wildman–Crippen LogP) is 16.3. The van der Waals surface area contributed by atoms with Gasteiger partial charge in [-0.15, -0.1) is 0 Å². The quantitative estimate of drug-likeness (QED) is 0.145. The molecule has 62 heavy (non-hydrogen) atoms. The zero-order valence-corrected chi connectivity index (χ0v) is 34.1. The molecule has 0 saturated carbocycles. The Bertz CT molecular complexity index is 3430. The van der Waals surface area contributed by atoms with Crippen molar-refractivity contribution in [2.24, 2.45) is 0 Å². The third kappa shape index (κ3) is 5.63. The average Bonchev–Trinajstić information content (AvgIpc) is 3.65. The Balaban J connectivity index is 1.14. The second kappa shape index (κ2) is 14.6. The third-order valence-corrected chi connectivity index (χ3v) is 13.1. The first-order valence-electron chi connectivity index (χ1n) is 21.5. The van der Waals surface area contributed by atoms with Crippen LogP contribution in [0.2, 0.25) is 0 Å². The molecule has 0 aromatic heterocycles. The van der Waals surface area contributed by atoms with Crippen LogP contribution in [0.15, 0.2) is 249 Å². The van der Waals surface area contributed by atoms with Crippen molar-refractivity contribution in [1.82, 2.24) is 0 Å². The number of para-hydroxylation sites is 1. The fourth-order valence-corrected chi connectivity index (χ4v) is 10.4. The van der Waals surface area contributed by atoms with E-state index in [-0.39, 0.29) is 0 Å². The number of rotatable bonds is 7. The highest BCUT2D eigenvalue weighted by atomic mass is 15.1. The first kappa shape index (κ1) is 35.9. The molecule has 0 heterocycles. The Morgan fingerprint density at radius 3 is 1.65 bits per heavy atom. The molecule has 0 spiro atoms. The van der Waals surface area contributed by atoms with Crippen LogP contribution in [-0.4, -0.2) is 0 Å². The van der Waals surface area contributed by atoms with Gasteiger partial charge < -0.3 is 4.90 Å². The van der Waals surface area contributed by atoms with Gasteiger partial charge in [-0.3, -0.25) is 0 Å². The lowest BCUT2D eigenvalue weighted by atomic mass is 9.67. The van der Waals surface area contributed by atoms with E-state index in [9.17, 15) is 0 Å². The zero-order valence-electron chi connectivity index (χ0n) is 34.1. The zero-order chi connectivity index (χ0) is 41.0. The van der Waals surface area contributed by atoms with Gasteiger partial charge in [-0.1, -0.05) is 206 Å². The highest BCUT2D eigenvalue weighted by Gasteiger charge is 2.46. The number of nitrogens with zero attached hydrogens (tertiary/aromatic N) is 1. The fourth-order valence-electron chi connectivity index (χ4n) is 10.4. The van der Waals surface area contributed by atoms with E-state index in [1.165, 1.54) is 88.0 Å². The smallest absolute Gasteiger partial charge is 0.0714 e. The Hall–Kier alpha value is -8.00. The van der Waals surface area contributed by atoms with Gasteiger partial charge in [0.15, 0.2) is 0 Å². The maximum absolute atomic E-state index is 2.49. The van der Waals surface area contributed by atoms with Crippen LogP contribution in [-0.2, 0) is 5.41 Å². The van der Waals surface area contributed by atoms with Gasteiger partial charge in [0, 0.05) is 16.9 Å². The molecule has 290 valence electrons. The van der Waals surface area contributed by atoms with Crippen molar-refractivity contribution in [3.63, 3.8) is 0 Å². The van der Waals surface area contributed by atoms with E-state index in [2.05, 4.69) is 254 Å². The minimum Gasteiger partial charge on any atom is -0.310 e. The van der Waals surface area contributed by atoms with E-state index < -0.39 is 5.41 Å². The van der Waals surface area contributed by atoms with Gasteiger partial charge in [-0.25, -0.2) is 0 Å². The van der Waals surface area contributed by atoms with E-state index in [1.807, 2.05) is 0 Å². The van der Waals surface area contributed by atoms with Gasteiger partial charge in [-0.05, 0) is 125 Å². The highest BCUT2D eigenvalue weighted by Crippen LogP contribution is 2.57. The molecule has 0 amide bonds. The predicted molar refractivity (Wildman–Crippen MR) is 262 cm³/mol. The second-order valence-corrected chi connectivity index (χ2v) is 16.4. The molecule has 0 fully saturated rings. The molecule has 0 atom stereocenters. The lowest BCUT2D eigenvalue weighted by molar-refractivity contribution is 0.768. The van der Waals surface area contributed by atoms with Crippen LogP contribution in [0.1, 0.15) is 22.3 Å². The summed E-state index contributed by atoms with van der Waals surface area (Å²) in [7, 11) is 0. The summed E-state index contributed by atoms with van der Waals surface area (Å²) in [6.45, 7) is 0. The topological polar surface area (TPSA) is 3.24 Å². The monoisotopic (exact) mass is 787 g/mol. The van der Waals surface area contributed by atoms with Crippen LogP contribution in [0.3, 0.4) is 0 Å². The molecule has 0 aliphatic heterocycles. The minimum atomic E-state index is -0.531. The standard InChI is InChI=1S/C61H41N/c1-3-22-47(23-4-1)61(48-24-5-2-6-25-48)58-32-15-13-30-54(58)55-37-36-50(41-59(55)61)62(49-26-17-21-44(39-49)45-35-34-42-18-7-8-19-43(42)38-45)60-33-16-14-31-56(60)57-40-46-20-9-10-27-51(46)52-28-11-12-29-53(52)57/h1-41H. The molecule has 1 aliphatic rings. The molecule has 11 aromatic rings. The van der Waals surface area contributed by atoms with Gasteiger partial charge in [0.1, 0.15) is 0 Å². The molecule has 12 rings (SSSR count). The van der Waals surface area contributed by atoms with Crippen LogP contribution in [0, 0.1) is 0 Å². The molecule has 0 unspecified atom stereocenters. The average molecular weight is 788 g/mol. The molecule has 0 saturated heterocycles. The van der Waals surface area contributed by atoms with E-state index >= 15 is 0 Å². The normalized spacial score (nSPS) is 12.6. The van der Waals surface area contributed by atoms with Crippen molar-refractivity contribution >= 4 is 49.4 Å². The molecule has 0 bridgehead atoms. The van der Waals surface area contributed by atoms with E-state index in [1.54, 1.807) is 0 Å². The SMILES string of the molecule is c1ccc(C2(c3ccccc3)c3ccccc3-c3ccc(N(c4cccc(-c5ccc6ccccc6c5)c4)c4ccccc4-c4cc5ccccc5c5ccccc45)cc32)cc1. The molecular weight excluding hydrogens is 747 g/mol. The molecule has 1 aliphatic carbocycles. The molecular formula is C61H41N. The van der Waals surface area contributed by atoms with Gasteiger partial charge >= 0.3 is 0 Å². The van der Waals surface area contributed by atoms with E-state index in [4.69, 9.17) is 0 Å². The van der Waals surface area contributed by atoms with Crippen LogP contribution < -0.4 is 4.90 Å². The van der Waals surface area contributed by atoms with Crippen molar-refractivity contribution in [1.29, 1.82) is 0 Å². The van der Waals surface area contributed by atoms with Gasteiger partial charge in [-0.2, -0.15) is 0 Å². The van der Waals surface area contributed by atoms with E-state index in [0.29, 0.717) is 0 Å². The summed E-state index contributed by atoms with van der Waals surface area (Å²) in [4.78, 5) is 2.49.